The van der Waals surface area contributed by atoms with Gasteiger partial charge in [-0.2, -0.15) is 0 Å². The summed E-state index contributed by atoms with van der Waals surface area (Å²) in [6.07, 6.45) is 3.75. The van der Waals surface area contributed by atoms with E-state index in [2.05, 4.69) is 22.1 Å². The average Bonchev–Trinajstić information content (AvgIpc) is 3.51. The number of nitrogens with zero attached hydrogens (tertiary/aromatic N) is 1. The molecule has 0 unspecified atom stereocenters. The number of hydrogen-bond acceptors (Lipinski definition) is 3. The van der Waals surface area contributed by atoms with Crippen molar-refractivity contribution in [2.24, 2.45) is 11.7 Å². The molecular weight excluding hydrogens is 395 g/mol. The summed E-state index contributed by atoms with van der Waals surface area (Å²) >= 11 is 0. The van der Waals surface area contributed by atoms with E-state index in [1.54, 1.807) is 0 Å². The van der Waals surface area contributed by atoms with Crippen molar-refractivity contribution in [2.75, 3.05) is 18.0 Å². The zero-order chi connectivity index (χ0) is 21.5. The molecule has 0 spiro atoms. The molecule has 1 aliphatic heterocycles. The molecule has 31 heavy (non-hydrogen) atoms. The van der Waals surface area contributed by atoms with E-state index in [1.165, 1.54) is 6.07 Å². The lowest BCUT2D eigenvalue weighted by Crippen LogP contribution is -2.47. The number of hydrogen-bond donors (Lipinski definition) is 3. The molecule has 2 heterocycles. The van der Waals surface area contributed by atoms with E-state index in [0.29, 0.717) is 35.6 Å². The zero-order valence-electron chi connectivity index (χ0n) is 17.0. The quantitative estimate of drug-likeness (QED) is 0.571. The molecule has 2 fully saturated rings. The molecular formula is C24H23FN4O2. The van der Waals surface area contributed by atoms with Crippen LogP contribution in [0, 0.1) is 23.6 Å². The van der Waals surface area contributed by atoms with Gasteiger partial charge in [0.15, 0.2) is 0 Å². The van der Waals surface area contributed by atoms with Crippen LogP contribution < -0.4 is 16.0 Å². The second kappa shape index (κ2) is 7.62. The first-order valence-corrected chi connectivity index (χ1v) is 10.6. The number of nitrogens with two attached hydrogens (primary N) is 1. The summed E-state index contributed by atoms with van der Waals surface area (Å²) in [5.74, 6) is 4.56. The summed E-state index contributed by atoms with van der Waals surface area (Å²) in [5.41, 5.74) is 7.43. The lowest BCUT2D eigenvalue weighted by atomic mass is 10.0. The minimum absolute atomic E-state index is 0.120. The van der Waals surface area contributed by atoms with Crippen LogP contribution in [-0.2, 0) is 4.79 Å². The van der Waals surface area contributed by atoms with Gasteiger partial charge in [0.25, 0.3) is 11.8 Å². The highest BCUT2D eigenvalue weighted by molar-refractivity contribution is 6.19. The van der Waals surface area contributed by atoms with Crippen LogP contribution in [0.1, 0.15) is 36.0 Å². The first-order valence-electron chi connectivity index (χ1n) is 10.6. The maximum atomic E-state index is 15.4. The van der Waals surface area contributed by atoms with Crippen LogP contribution in [-0.4, -0.2) is 35.9 Å². The molecule has 1 saturated heterocycles. The van der Waals surface area contributed by atoms with Gasteiger partial charge in [0, 0.05) is 41.3 Å². The summed E-state index contributed by atoms with van der Waals surface area (Å²) in [5, 5.41) is 4.44. The molecule has 4 N–H and O–H groups in total. The fourth-order valence-corrected chi connectivity index (χ4v) is 4.39. The van der Waals surface area contributed by atoms with Gasteiger partial charge in [0.1, 0.15) is 5.82 Å². The predicted octanol–water partition coefficient (Wildman–Crippen LogP) is 3.06. The number of fused-ring (bicyclic) bond motifs is 3. The molecule has 1 aromatic heterocycles. The van der Waals surface area contributed by atoms with Crippen molar-refractivity contribution in [2.45, 2.75) is 31.7 Å². The molecule has 1 aliphatic carbocycles. The number of halogens is 1. The van der Waals surface area contributed by atoms with Gasteiger partial charge in [-0.15, -0.1) is 0 Å². The first kappa shape index (κ1) is 19.4. The number of benzene rings is 2. The third-order valence-corrected chi connectivity index (χ3v) is 6.01. The van der Waals surface area contributed by atoms with Crippen LogP contribution in [0.2, 0.25) is 0 Å². The fraction of sp³-hybridized carbons (Fsp3) is 0.333. The Morgan fingerprint density at radius 3 is 2.81 bits per heavy atom. The number of para-hydroxylation sites is 1. The molecule has 3 aromatic rings. The first-order chi connectivity index (χ1) is 15.0. The summed E-state index contributed by atoms with van der Waals surface area (Å²) in [6.45, 7) is 1.12. The van der Waals surface area contributed by atoms with Crippen molar-refractivity contribution in [1.82, 2.24) is 10.3 Å². The number of amides is 2. The van der Waals surface area contributed by atoms with E-state index in [4.69, 9.17) is 5.73 Å². The van der Waals surface area contributed by atoms with Crippen molar-refractivity contribution in [1.29, 1.82) is 0 Å². The Morgan fingerprint density at radius 2 is 2.03 bits per heavy atom. The van der Waals surface area contributed by atoms with Gasteiger partial charge in [-0.05, 0) is 43.7 Å². The Morgan fingerprint density at radius 1 is 1.23 bits per heavy atom. The highest BCUT2D eigenvalue weighted by Crippen LogP contribution is 2.38. The number of H-pyrrole nitrogens is 1. The number of aromatic amines is 1. The van der Waals surface area contributed by atoms with Gasteiger partial charge in [-0.25, -0.2) is 4.39 Å². The molecule has 1 atom stereocenters. The van der Waals surface area contributed by atoms with Crippen LogP contribution >= 0.6 is 0 Å². The van der Waals surface area contributed by atoms with E-state index in [1.807, 2.05) is 29.2 Å². The number of aromatic nitrogens is 1. The van der Waals surface area contributed by atoms with Crippen LogP contribution in [0.3, 0.4) is 0 Å². The lowest BCUT2D eigenvalue weighted by Gasteiger charge is -2.35. The normalized spacial score (nSPS) is 18.6. The van der Waals surface area contributed by atoms with Crippen LogP contribution in [0.4, 0.5) is 10.1 Å². The molecule has 158 valence electrons. The van der Waals surface area contributed by atoms with E-state index in [9.17, 15) is 9.59 Å². The van der Waals surface area contributed by atoms with E-state index in [0.717, 1.165) is 36.6 Å². The molecule has 7 heteroatoms. The number of piperidine rings is 1. The third-order valence-electron chi connectivity index (χ3n) is 6.01. The Balaban J connectivity index is 1.52. The number of anilines is 1. The highest BCUT2D eigenvalue weighted by atomic mass is 19.1. The number of primary amides is 1. The van der Waals surface area contributed by atoms with Gasteiger partial charge in [-0.3, -0.25) is 9.59 Å². The average molecular weight is 418 g/mol. The van der Waals surface area contributed by atoms with Crippen molar-refractivity contribution >= 4 is 39.3 Å². The maximum Gasteiger partial charge on any atom is 0.296 e. The SMILES string of the molecule is NC(=O)c1cc(F)c(N2CCC[C@H](NC(=O)C#CC3CC3)C2)c2c1[nH]c1ccccc12. The fourth-order valence-electron chi connectivity index (χ4n) is 4.39. The van der Waals surface area contributed by atoms with E-state index in [-0.39, 0.29) is 17.5 Å². The minimum Gasteiger partial charge on any atom is -0.367 e. The highest BCUT2D eigenvalue weighted by Gasteiger charge is 2.28. The molecule has 2 aliphatic rings. The molecule has 2 amide bonds. The Kier molecular flexibility index (Phi) is 4.78. The van der Waals surface area contributed by atoms with Gasteiger partial charge >= 0.3 is 0 Å². The molecule has 5 rings (SSSR count). The van der Waals surface area contributed by atoms with Crippen molar-refractivity contribution in [3.8, 4) is 11.8 Å². The number of carbonyl (C=O) groups is 2. The summed E-state index contributed by atoms with van der Waals surface area (Å²) in [7, 11) is 0. The number of rotatable bonds is 3. The van der Waals surface area contributed by atoms with Crippen LogP contribution in [0.5, 0.6) is 0 Å². The van der Waals surface area contributed by atoms with Gasteiger partial charge in [-0.1, -0.05) is 24.1 Å². The Hall–Kier alpha value is -3.53. The van der Waals surface area contributed by atoms with Gasteiger partial charge in [0.2, 0.25) is 0 Å². The molecule has 6 nitrogen and oxygen atoms in total. The second-order valence-electron chi connectivity index (χ2n) is 8.34. The second-order valence-corrected chi connectivity index (χ2v) is 8.34. The van der Waals surface area contributed by atoms with Crippen molar-refractivity contribution in [3.63, 3.8) is 0 Å². The molecule has 0 radical (unpaired) electrons. The van der Waals surface area contributed by atoms with Gasteiger partial charge in [0.05, 0.1) is 16.8 Å². The van der Waals surface area contributed by atoms with Crippen molar-refractivity contribution < 1.29 is 14.0 Å². The molecule has 1 saturated carbocycles. The molecule has 2 aromatic carbocycles. The maximum absolute atomic E-state index is 15.4. The number of nitrogens with one attached hydrogen (secondary N) is 2. The summed E-state index contributed by atoms with van der Waals surface area (Å²) in [4.78, 5) is 29.3. The lowest BCUT2D eigenvalue weighted by molar-refractivity contribution is -0.116. The van der Waals surface area contributed by atoms with E-state index >= 15 is 4.39 Å². The van der Waals surface area contributed by atoms with Crippen LogP contribution in [0.15, 0.2) is 30.3 Å². The van der Waals surface area contributed by atoms with Crippen LogP contribution in [0.25, 0.3) is 21.8 Å². The minimum atomic E-state index is -0.681. The standard InChI is InChI=1S/C24H23FN4O2/c25-18-12-17(24(26)31)22-21(16-5-1-2-6-19(16)28-22)23(18)29-11-3-4-15(13-29)27-20(30)10-9-14-7-8-14/h1-2,5-6,12,14-15,28H,3-4,7-8,11,13H2,(H2,26,31)(H,27,30)/t15-/m0/s1. The monoisotopic (exact) mass is 418 g/mol. The number of carbonyl (C=O) groups excluding carboxylic acids is 2. The van der Waals surface area contributed by atoms with Crippen molar-refractivity contribution in [3.05, 3.63) is 41.7 Å². The predicted molar refractivity (Wildman–Crippen MR) is 118 cm³/mol. The largest absolute Gasteiger partial charge is 0.367 e. The Bertz CT molecular complexity index is 1270. The zero-order valence-corrected chi connectivity index (χ0v) is 17.0. The smallest absolute Gasteiger partial charge is 0.296 e. The summed E-state index contributed by atoms with van der Waals surface area (Å²) < 4.78 is 15.4. The van der Waals surface area contributed by atoms with E-state index < -0.39 is 11.7 Å². The van der Waals surface area contributed by atoms with Gasteiger partial charge < -0.3 is 20.9 Å². The topological polar surface area (TPSA) is 91.2 Å². The molecule has 0 bridgehead atoms. The Labute approximate surface area is 179 Å². The third kappa shape index (κ3) is 3.70. The summed E-state index contributed by atoms with van der Waals surface area (Å²) in [6, 6.07) is 8.64.